The van der Waals surface area contributed by atoms with Gasteiger partial charge in [-0.25, -0.2) is 0 Å². The summed E-state index contributed by atoms with van der Waals surface area (Å²) in [5.41, 5.74) is 0.666. The van der Waals surface area contributed by atoms with Crippen LogP contribution in [0.1, 0.15) is 22.0 Å². The fourth-order valence-electron chi connectivity index (χ4n) is 1.42. The third kappa shape index (κ3) is 1.62. The van der Waals surface area contributed by atoms with Crippen LogP contribution in [0.4, 0.5) is 0 Å². The van der Waals surface area contributed by atoms with Gasteiger partial charge in [0.1, 0.15) is 11.5 Å². The Kier molecular flexibility index (Phi) is 2.23. The third-order valence-electron chi connectivity index (χ3n) is 2.11. The molecule has 2 rings (SSSR count). The van der Waals surface area contributed by atoms with Crippen molar-refractivity contribution in [2.75, 3.05) is 0 Å². The molecule has 0 fully saturated rings. The van der Waals surface area contributed by atoms with E-state index in [0.29, 0.717) is 12.2 Å². The van der Waals surface area contributed by atoms with Crippen molar-refractivity contribution in [1.82, 2.24) is 4.57 Å². The maximum atomic E-state index is 10.6. The van der Waals surface area contributed by atoms with Crippen LogP contribution in [0.3, 0.4) is 0 Å². The lowest BCUT2D eigenvalue weighted by Crippen LogP contribution is -2.00. The molecule has 0 atom stereocenters. The molecular formula is C11H11NO2. The van der Waals surface area contributed by atoms with Gasteiger partial charge in [-0.05, 0) is 31.2 Å². The molecule has 3 nitrogen and oxygen atoms in total. The number of aryl methyl sites for hydroxylation is 1. The molecule has 0 saturated heterocycles. The lowest BCUT2D eigenvalue weighted by Gasteiger charge is -2.01. The number of carbonyl (C=O) groups is 1. The summed E-state index contributed by atoms with van der Waals surface area (Å²) in [7, 11) is 0. The number of nitrogens with zero attached hydrogens (tertiary/aromatic N) is 1. The van der Waals surface area contributed by atoms with E-state index in [2.05, 4.69) is 0 Å². The van der Waals surface area contributed by atoms with Gasteiger partial charge in [0.05, 0.1) is 12.2 Å². The zero-order chi connectivity index (χ0) is 9.97. The number of aldehydes is 1. The molecule has 0 aliphatic heterocycles. The van der Waals surface area contributed by atoms with E-state index in [1.54, 1.807) is 6.07 Å². The van der Waals surface area contributed by atoms with Crippen molar-refractivity contribution in [2.45, 2.75) is 13.5 Å². The summed E-state index contributed by atoms with van der Waals surface area (Å²) in [5, 5.41) is 0. The highest BCUT2D eigenvalue weighted by Crippen LogP contribution is 2.09. The van der Waals surface area contributed by atoms with Gasteiger partial charge in [0.25, 0.3) is 0 Å². The molecule has 0 spiro atoms. The van der Waals surface area contributed by atoms with Crippen LogP contribution < -0.4 is 0 Å². The summed E-state index contributed by atoms with van der Waals surface area (Å²) in [6.07, 6.45) is 2.71. The number of furan rings is 1. The Balaban J connectivity index is 2.22. The molecule has 0 unspecified atom stereocenters. The second kappa shape index (κ2) is 3.54. The van der Waals surface area contributed by atoms with E-state index >= 15 is 0 Å². The number of rotatable bonds is 3. The molecule has 0 aliphatic carbocycles. The van der Waals surface area contributed by atoms with Crippen molar-refractivity contribution in [2.24, 2.45) is 0 Å². The summed E-state index contributed by atoms with van der Waals surface area (Å²) in [6, 6.07) is 7.46. The van der Waals surface area contributed by atoms with Crippen molar-refractivity contribution in [1.29, 1.82) is 0 Å². The third-order valence-corrected chi connectivity index (χ3v) is 2.11. The molecule has 0 aliphatic rings. The van der Waals surface area contributed by atoms with Gasteiger partial charge in [0.15, 0.2) is 6.29 Å². The van der Waals surface area contributed by atoms with Crippen LogP contribution in [-0.2, 0) is 6.54 Å². The molecule has 0 bridgehead atoms. The average Bonchev–Trinajstić information content (AvgIpc) is 2.76. The molecule has 0 N–H and O–H groups in total. The number of hydrogen-bond donors (Lipinski definition) is 0. The second-order valence-electron chi connectivity index (χ2n) is 3.19. The van der Waals surface area contributed by atoms with Crippen LogP contribution in [0.2, 0.25) is 0 Å². The SMILES string of the molecule is Cc1ccc(Cn2cccc2C=O)o1. The van der Waals surface area contributed by atoms with Gasteiger partial charge in [-0.2, -0.15) is 0 Å². The summed E-state index contributed by atoms with van der Waals surface area (Å²) >= 11 is 0. The number of hydrogen-bond acceptors (Lipinski definition) is 2. The van der Waals surface area contributed by atoms with E-state index < -0.39 is 0 Å². The van der Waals surface area contributed by atoms with Gasteiger partial charge in [-0.1, -0.05) is 0 Å². The Hall–Kier alpha value is -1.77. The van der Waals surface area contributed by atoms with E-state index in [1.807, 2.05) is 35.9 Å². The average molecular weight is 189 g/mol. The van der Waals surface area contributed by atoms with Crippen molar-refractivity contribution in [3.8, 4) is 0 Å². The zero-order valence-corrected chi connectivity index (χ0v) is 7.93. The zero-order valence-electron chi connectivity index (χ0n) is 7.93. The largest absolute Gasteiger partial charge is 0.464 e. The minimum absolute atomic E-state index is 0.606. The fraction of sp³-hybridized carbons (Fsp3) is 0.182. The Morgan fingerprint density at radius 2 is 2.29 bits per heavy atom. The monoisotopic (exact) mass is 189 g/mol. The van der Waals surface area contributed by atoms with Crippen molar-refractivity contribution in [3.05, 3.63) is 47.7 Å². The lowest BCUT2D eigenvalue weighted by atomic mass is 10.4. The smallest absolute Gasteiger partial charge is 0.166 e. The van der Waals surface area contributed by atoms with Gasteiger partial charge >= 0.3 is 0 Å². The number of carbonyl (C=O) groups excluding carboxylic acids is 1. The minimum Gasteiger partial charge on any atom is -0.464 e. The quantitative estimate of drug-likeness (QED) is 0.694. The minimum atomic E-state index is 0.606. The molecule has 14 heavy (non-hydrogen) atoms. The molecule has 0 amide bonds. The molecule has 0 saturated carbocycles. The molecule has 0 aromatic carbocycles. The Labute approximate surface area is 82.0 Å². The van der Waals surface area contributed by atoms with Crippen LogP contribution >= 0.6 is 0 Å². The predicted octanol–water partition coefficient (Wildman–Crippen LogP) is 2.25. The molecule has 72 valence electrons. The van der Waals surface area contributed by atoms with E-state index in [4.69, 9.17) is 4.42 Å². The van der Waals surface area contributed by atoms with Crippen LogP contribution in [0.5, 0.6) is 0 Å². The molecule has 2 aromatic rings. The first kappa shape index (κ1) is 8.81. The summed E-state index contributed by atoms with van der Waals surface area (Å²) < 4.78 is 7.27. The maximum absolute atomic E-state index is 10.6. The van der Waals surface area contributed by atoms with Crippen molar-refractivity contribution >= 4 is 6.29 Å². The summed E-state index contributed by atoms with van der Waals surface area (Å²) in [4.78, 5) is 10.6. The molecule has 0 radical (unpaired) electrons. The first-order valence-corrected chi connectivity index (χ1v) is 4.45. The fourth-order valence-corrected chi connectivity index (χ4v) is 1.42. The predicted molar refractivity (Wildman–Crippen MR) is 52.4 cm³/mol. The highest BCUT2D eigenvalue weighted by molar-refractivity contribution is 5.72. The standard InChI is InChI=1S/C11H11NO2/c1-9-4-5-11(14-9)7-12-6-2-3-10(12)8-13/h2-6,8H,7H2,1H3. The topological polar surface area (TPSA) is 35.1 Å². The van der Waals surface area contributed by atoms with Gasteiger partial charge in [0, 0.05) is 6.20 Å². The van der Waals surface area contributed by atoms with Crippen LogP contribution in [0, 0.1) is 6.92 Å². The molecule has 2 aromatic heterocycles. The van der Waals surface area contributed by atoms with Crippen LogP contribution in [0.15, 0.2) is 34.9 Å². The first-order valence-electron chi connectivity index (χ1n) is 4.45. The highest BCUT2D eigenvalue weighted by atomic mass is 16.3. The first-order chi connectivity index (χ1) is 6.79. The molecule has 3 heteroatoms. The van der Waals surface area contributed by atoms with E-state index in [9.17, 15) is 4.79 Å². The van der Waals surface area contributed by atoms with Crippen LogP contribution in [0.25, 0.3) is 0 Å². The normalized spacial score (nSPS) is 10.4. The van der Waals surface area contributed by atoms with Crippen molar-refractivity contribution < 1.29 is 9.21 Å². The maximum Gasteiger partial charge on any atom is 0.166 e. The molecule has 2 heterocycles. The van der Waals surface area contributed by atoms with E-state index in [-0.39, 0.29) is 0 Å². The Morgan fingerprint density at radius 1 is 1.43 bits per heavy atom. The van der Waals surface area contributed by atoms with Gasteiger partial charge < -0.3 is 8.98 Å². The van der Waals surface area contributed by atoms with Crippen LogP contribution in [-0.4, -0.2) is 10.9 Å². The van der Waals surface area contributed by atoms with Gasteiger partial charge in [-0.15, -0.1) is 0 Å². The lowest BCUT2D eigenvalue weighted by molar-refractivity contribution is 0.111. The Morgan fingerprint density at radius 3 is 2.93 bits per heavy atom. The molecular weight excluding hydrogens is 178 g/mol. The van der Waals surface area contributed by atoms with Gasteiger partial charge in [-0.3, -0.25) is 4.79 Å². The van der Waals surface area contributed by atoms with Crippen molar-refractivity contribution in [3.63, 3.8) is 0 Å². The highest BCUT2D eigenvalue weighted by Gasteiger charge is 2.02. The number of aromatic nitrogens is 1. The summed E-state index contributed by atoms with van der Waals surface area (Å²) in [6.45, 7) is 2.51. The summed E-state index contributed by atoms with van der Waals surface area (Å²) in [5.74, 6) is 1.75. The Bertz CT molecular complexity index is 440. The van der Waals surface area contributed by atoms with Gasteiger partial charge in [0.2, 0.25) is 0 Å². The van der Waals surface area contributed by atoms with E-state index in [1.165, 1.54) is 0 Å². The van der Waals surface area contributed by atoms with E-state index in [0.717, 1.165) is 17.8 Å². The second-order valence-corrected chi connectivity index (χ2v) is 3.19.